The van der Waals surface area contributed by atoms with E-state index in [0.29, 0.717) is 0 Å². The fourth-order valence-corrected chi connectivity index (χ4v) is 0.898. The van der Waals surface area contributed by atoms with Gasteiger partial charge in [0.25, 0.3) is 0 Å². The van der Waals surface area contributed by atoms with E-state index in [4.69, 9.17) is 4.84 Å². The van der Waals surface area contributed by atoms with E-state index in [9.17, 15) is 0 Å². The highest BCUT2D eigenvalue weighted by Gasteiger charge is 2.08. The predicted octanol–water partition coefficient (Wildman–Crippen LogP) is 3.14. The van der Waals surface area contributed by atoms with Crippen molar-refractivity contribution in [2.45, 2.75) is 33.3 Å². The lowest BCUT2D eigenvalue weighted by Gasteiger charge is -2.14. The van der Waals surface area contributed by atoms with Crippen LogP contribution in [-0.2, 0) is 4.84 Å². The minimum Gasteiger partial charge on any atom is -0.390 e. The zero-order chi connectivity index (χ0) is 10.6. The van der Waals surface area contributed by atoms with Gasteiger partial charge in [0.2, 0.25) is 0 Å². The molecule has 1 aromatic rings. The molecular weight excluding hydrogens is 174 g/mol. The Hall–Kier alpha value is -1.31. The predicted molar refractivity (Wildman–Crippen MR) is 59.6 cm³/mol. The van der Waals surface area contributed by atoms with Crippen LogP contribution in [0.4, 0.5) is 0 Å². The first kappa shape index (κ1) is 10.8. The quantitative estimate of drug-likeness (QED) is 0.520. The number of hydrogen-bond acceptors (Lipinski definition) is 2. The van der Waals surface area contributed by atoms with Crippen molar-refractivity contribution in [3.8, 4) is 0 Å². The number of benzene rings is 1. The molecule has 0 spiro atoms. The summed E-state index contributed by atoms with van der Waals surface area (Å²) in [7, 11) is 0. The maximum Gasteiger partial charge on any atom is 0.129 e. The average Bonchev–Trinajstić information content (AvgIpc) is 2.06. The summed E-state index contributed by atoms with van der Waals surface area (Å²) < 4.78 is 0. The first-order valence-corrected chi connectivity index (χ1v) is 4.75. The minimum absolute atomic E-state index is 0.221. The molecule has 0 amide bonds. The van der Waals surface area contributed by atoms with Crippen LogP contribution in [0.3, 0.4) is 0 Å². The highest BCUT2D eigenvalue weighted by molar-refractivity contribution is 5.79. The Bertz CT molecular complexity index is 306. The Kier molecular flexibility index (Phi) is 3.28. The summed E-state index contributed by atoms with van der Waals surface area (Å²) in [4.78, 5) is 5.23. The van der Waals surface area contributed by atoms with Crippen LogP contribution in [0.1, 0.15) is 31.9 Å². The van der Waals surface area contributed by atoms with Gasteiger partial charge in [0.05, 0.1) is 6.21 Å². The van der Waals surface area contributed by atoms with Gasteiger partial charge in [-0.15, -0.1) is 0 Å². The summed E-state index contributed by atoms with van der Waals surface area (Å²) in [5.74, 6) is 0. The van der Waals surface area contributed by atoms with Crippen molar-refractivity contribution < 1.29 is 4.84 Å². The van der Waals surface area contributed by atoms with Crippen molar-refractivity contribution in [3.63, 3.8) is 0 Å². The smallest absolute Gasteiger partial charge is 0.129 e. The molecule has 0 aliphatic rings. The molecule has 2 heteroatoms. The van der Waals surface area contributed by atoms with E-state index in [1.807, 2.05) is 32.9 Å². The standard InChI is InChI=1S/C12H17NO/c1-10-5-7-11(8-6-10)9-13-14-12(2,3)4/h5-9H,1-4H3. The molecule has 0 saturated carbocycles. The molecule has 0 unspecified atom stereocenters. The van der Waals surface area contributed by atoms with Gasteiger partial charge in [0.1, 0.15) is 5.60 Å². The molecule has 1 aromatic carbocycles. The van der Waals surface area contributed by atoms with E-state index < -0.39 is 0 Å². The number of rotatable bonds is 2. The molecule has 0 aliphatic carbocycles. The molecule has 0 radical (unpaired) electrons. The normalized spacial score (nSPS) is 12.0. The van der Waals surface area contributed by atoms with E-state index in [1.165, 1.54) is 5.56 Å². The highest BCUT2D eigenvalue weighted by atomic mass is 16.6. The first-order valence-electron chi connectivity index (χ1n) is 4.75. The lowest BCUT2D eigenvalue weighted by molar-refractivity contribution is 0.00199. The second kappa shape index (κ2) is 4.27. The second-order valence-electron chi connectivity index (χ2n) is 4.35. The Balaban J connectivity index is 2.57. The summed E-state index contributed by atoms with van der Waals surface area (Å²) in [6.45, 7) is 7.98. The van der Waals surface area contributed by atoms with Crippen LogP contribution in [0.25, 0.3) is 0 Å². The summed E-state index contributed by atoms with van der Waals surface area (Å²) >= 11 is 0. The number of nitrogens with zero attached hydrogens (tertiary/aromatic N) is 1. The highest BCUT2D eigenvalue weighted by Crippen LogP contribution is 2.07. The van der Waals surface area contributed by atoms with Crippen LogP contribution in [0.5, 0.6) is 0 Å². The summed E-state index contributed by atoms with van der Waals surface area (Å²) in [6, 6.07) is 8.15. The van der Waals surface area contributed by atoms with Crippen molar-refractivity contribution in [1.29, 1.82) is 0 Å². The molecule has 0 atom stereocenters. The molecule has 0 heterocycles. The molecule has 1 rings (SSSR count). The Morgan fingerprint density at radius 1 is 1.14 bits per heavy atom. The van der Waals surface area contributed by atoms with E-state index in [-0.39, 0.29) is 5.60 Å². The molecule has 0 saturated heterocycles. The van der Waals surface area contributed by atoms with Crippen molar-refractivity contribution in [2.24, 2.45) is 5.16 Å². The second-order valence-corrected chi connectivity index (χ2v) is 4.35. The van der Waals surface area contributed by atoms with Gasteiger partial charge >= 0.3 is 0 Å². The molecule has 0 fully saturated rings. The van der Waals surface area contributed by atoms with Gasteiger partial charge in [-0.2, -0.15) is 0 Å². The van der Waals surface area contributed by atoms with Gasteiger partial charge in [0, 0.05) is 0 Å². The maximum absolute atomic E-state index is 5.23. The monoisotopic (exact) mass is 191 g/mol. The lowest BCUT2D eigenvalue weighted by Crippen LogP contribution is -2.15. The molecular formula is C12H17NO. The van der Waals surface area contributed by atoms with E-state index >= 15 is 0 Å². The molecule has 76 valence electrons. The number of oxime groups is 1. The van der Waals surface area contributed by atoms with Gasteiger partial charge in [0.15, 0.2) is 0 Å². The van der Waals surface area contributed by atoms with Crippen molar-refractivity contribution in [1.82, 2.24) is 0 Å². The van der Waals surface area contributed by atoms with Crippen molar-refractivity contribution >= 4 is 6.21 Å². The summed E-state index contributed by atoms with van der Waals surface area (Å²) in [5, 5.41) is 3.92. The fourth-order valence-electron chi connectivity index (χ4n) is 0.898. The van der Waals surface area contributed by atoms with Crippen LogP contribution in [0.15, 0.2) is 29.4 Å². The number of hydrogen-bond donors (Lipinski definition) is 0. The van der Waals surface area contributed by atoms with E-state index in [2.05, 4.69) is 24.2 Å². The molecule has 2 nitrogen and oxygen atoms in total. The van der Waals surface area contributed by atoms with E-state index in [0.717, 1.165) is 5.56 Å². The topological polar surface area (TPSA) is 21.6 Å². The summed E-state index contributed by atoms with van der Waals surface area (Å²) in [5.41, 5.74) is 2.08. The first-order chi connectivity index (χ1) is 6.47. The minimum atomic E-state index is -0.221. The SMILES string of the molecule is Cc1ccc(C=NOC(C)(C)C)cc1. The zero-order valence-corrected chi connectivity index (χ0v) is 9.24. The molecule has 14 heavy (non-hydrogen) atoms. The zero-order valence-electron chi connectivity index (χ0n) is 9.24. The summed E-state index contributed by atoms with van der Waals surface area (Å²) in [6.07, 6.45) is 1.73. The molecule has 0 N–H and O–H groups in total. The lowest BCUT2D eigenvalue weighted by atomic mass is 10.2. The van der Waals surface area contributed by atoms with Gasteiger partial charge in [-0.25, -0.2) is 0 Å². The number of aryl methyl sites for hydroxylation is 1. The fraction of sp³-hybridized carbons (Fsp3) is 0.417. The molecule has 0 aromatic heterocycles. The van der Waals surface area contributed by atoms with Crippen LogP contribution in [-0.4, -0.2) is 11.8 Å². The van der Waals surface area contributed by atoms with Crippen molar-refractivity contribution in [3.05, 3.63) is 35.4 Å². The Morgan fingerprint density at radius 3 is 2.21 bits per heavy atom. The van der Waals surface area contributed by atoms with Crippen LogP contribution >= 0.6 is 0 Å². The Labute approximate surface area is 85.6 Å². The van der Waals surface area contributed by atoms with Crippen molar-refractivity contribution in [2.75, 3.05) is 0 Å². The third kappa shape index (κ3) is 4.08. The third-order valence-corrected chi connectivity index (χ3v) is 1.61. The van der Waals surface area contributed by atoms with Crippen LogP contribution < -0.4 is 0 Å². The largest absolute Gasteiger partial charge is 0.390 e. The Morgan fingerprint density at radius 2 is 1.71 bits per heavy atom. The van der Waals surface area contributed by atoms with E-state index in [1.54, 1.807) is 6.21 Å². The van der Waals surface area contributed by atoms with Gasteiger partial charge in [-0.3, -0.25) is 0 Å². The van der Waals surface area contributed by atoms with Gasteiger partial charge in [-0.1, -0.05) is 35.0 Å². The third-order valence-electron chi connectivity index (χ3n) is 1.61. The molecule has 0 bridgehead atoms. The van der Waals surface area contributed by atoms with Crippen LogP contribution in [0.2, 0.25) is 0 Å². The average molecular weight is 191 g/mol. The van der Waals surface area contributed by atoms with Gasteiger partial charge in [-0.05, 0) is 33.3 Å². The van der Waals surface area contributed by atoms with Crippen LogP contribution in [0, 0.1) is 6.92 Å². The molecule has 0 aliphatic heterocycles. The maximum atomic E-state index is 5.23. The van der Waals surface area contributed by atoms with Gasteiger partial charge < -0.3 is 4.84 Å².